The highest BCUT2D eigenvalue weighted by molar-refractivity contribution is 6.75. The van der Waals surface area contributed by atoms with Crippen molar-refractivity contribution in [2.24, 2.45) is 17.8 Å². The van der Waals surface area contributed by atoms with E-state index in [2.05, 4.69) is 78.4 Å². The molecule has 0 saturated heterocycles. The Morgan fingerprint density at radius 1 is 0.452 bits per heavy atom. The Morgan fingerprint density at radius 3 is 1.23 bits per heavy atom. The van der Waals surface area contributed by atoms with Crippen molar-refractivity contribution in [2.45, 2.75) is 287 Å². The topological polar surface area (TPSA) is 27.7 Å². The molecular formula is C58H118O3Si. The molecule has 3 nitrogen and oxygen atoms in total. The van der Waals surface area contributed by atoms with Gasteiger partial charge in [0.2, 0.25) is 0 Å². The molecule has 1 aliphatic rings. The van der Waals surface area contributed by atoms with Crippen molar-refractivity contribution in [1.29, 1.82) is 0 Å². The van der Waals surface area contributed by atoms with Crippen LogP contribution in [0, 0.1) is 17.8 Å². The second-order valence-electron chi connectivity index (χ2n) is 20.2. The third-order valence-corrected chi connectivity index (χ3v) is 19.8. The van der Waals surface area contributed by atoms with Crippen molar-refractivity contribution in [3.05, 3.63) is 35.9 Å². The standard InChI is InChI=1S/C54H102O3Si.4CH4/c1-48(2)58(7,49(3)4)57-47-52(37-29-24-20-16-12-14-18-21-25-32-43-55-45-34-35-50(5)54-40-41-54)36-28-23-19-15-11-9-8-10-13-17-22-26-33-44-56-46-42-51(6)53-38-30-27-31-39-53;;;;/h27,30-31,38-39,48-52,54H,8-26,28-29,32-37,40-47H2,1-7H3;4*1H4. The number of unbranched alkanes of at least 4 members (excludes halogenated alkanes) is 21. The number of benzene rings is 1. The highest BCUT2D eigenvalue weighted by Crippen LogP contribution is 2.38. The van der Waals surface area contributed by atoms with Gasteiger partial charge in [-0.1, -0.05) is 236 Å². The molecule has 0 bridgehead atoms. The smallest absolute Gasteiger partial charge is 0.194 e. The van der Waals surface area contributed by atoms with E-state index in [1.54, 1.807) is 0 Å². The zero-order valence-electron chi connectivity index (χ0n) is 40.3. The Hall–Kier alpha value is -0.683. The molecule has 1 aromatic rings. The van der Waals surface area contributed by atoms with Gasteiger partial charge in [-0.3, -0.25) is 0 Å². The van der Waals surface area contributed by atoms with Gasteiger partial charge in [0.05, 0.1) is 0 Å². The molecule has 0 heterocycles. The van der Waals surface area contributed by atoms with E-state index in [0.29, 0.717) is 17.0 Å². The molecule has 0 N–H and O–H groups in total. The summed E-state index contributed by atoms with van der Waals surface area (Å²) in [6.45, 7) is 21.7. The first-order valence-electron chi connectivity index (χ1n) is 26.1. The van der Waals surface area contributed by atoms with Crippen molar-refractivity contribution in [2.75, 3.05) is 33.0 Å². The van der Waals surface area contributed by atoms with Crippen molar-refractivity contribution in [1.82, 2.24) is 0 Å². The van der Waals surface area contributed by atoms with Crippen LogP contribution in [0.1, 0.15) is 275 Å². The molecule has 0 aliphatic heterocycles. The largest absolute Gasteiger partial charge is 0.416 e. The molecule has 1 saturated carbocycles. The van der Waals surface area contributed by atoms with Gasteiger partial charge in [-0.05, 0) is 105 Å². The van der Waals surface area contributed by atoms with E-state index in [4.69, 9.17) is 13.9 Å². The summed E-state index contributed by atoms with van der Waals surface area (Å²) in [6.07, 6.45) is 41.6. The molecule has 0 radical (unpaired) electrons. The molecule has 1 aliphatic carbocycles. The number of ether oxygens (including phenoxy) is 2. The van der Waals surface area contributed by atoms with E-state index < -0.39 is 8.32 Å². The predicted octanol–water partition coefficient (Wildman–Crippen LogP) is 20.4. The first kappa shape index (κ1) is 65.6. The summed E-state index contributed by atoms with van der Waals surface area (Å²) >= 11 is 0. The zero-order valence-corrected chi connectivity index (χ0v) is 41.3. The number of hydrogen-bond donors (Lipinski definition) is 0. The Labute approximate surface area is 394 Å². The normalized spacial score (nSPS) is 14.1. The van der Waals surface area contributed by atoms with Crippen molar-refractivity contribution < 1.29 is 13.9 Å². The summed E-state index contributed by atoms with van der Waals surface area (Å²) in [5, 5.41) is 0. The molecule has 1 fully saturated rings. The number of rotatable bonds is 43. The number of hydrogen-bond acceptors (Lipinski definition) is 3. The van der Waals surface area contributed by atoms with E-state index >= 15 is 0 Å². The van der Waals surface area contributed by atoms with E-state index in [-0.39, 0.29) is 29.7 Å². The minimum atomic E-state index is -1.68. The lowest BCUT2D eigenvalue weighted by atomic mass is 9.94. The Bertz CT molecular complexity index is 1000. The van der Waals surface area contributed by atoms with Crippen LogP contribution in [-0.4, -0.2) is 41.4 Å². The molecular weight excluding hydrogens is 773 g/mol. The van der Waals surface area contributed by atoms with Crippen LogP contribution in [0.3, 0.4) is 0 Å². The minimum Gasteiger partial charge on any atom is -0.416 e. The fraction of sp³-hybridized carbons (Fsp3) is 0.897. The molecule has 1 aromatic carbocycles. The van der Waals surface area contributed by atoms with Crippen molar-refractivity contribution in [3.8, 4) is 0 Å². The van der Waals surface area contributed by atoms with Gasteiger partial charge in [0, 0.05) is 33.0 Å². The molecule has 0 amide bonds. The highest BCUT2D eigenvalue weighted by atomic mass is 28.4. The lowest BCUT2D eigenvalue weighted by Gasteiger charge is -2.36. The van der Waals surface area contributed by atoms with Crippen LogP contribution in [0.15, 0.2) is 30.3 Å². The van der Waals surface area contributed by atoms with Gasteiger partial charge >= 0.3 is 0 Å². The summed E-state index contributed by atoms with van der Waals surface area (Å²) in [6, 6.07) is 10.8. The van der Waals surface area contributed by atoms with Crippen LogP contribution >= 0.6 is 0 Å². The van der Waals surface area contributed by atoms with Crippen molar-refractivity contribution in [3.63, 3.8) is 0 Å². The van der Waals surface area contributed by atoms with Gasteiger partial charge in [0.1, 0.15) is 0 Å². The summed E-state index contributed by atoms with van der Waals surface area (Å²) in [7, 11) is -1.68. The van der Waals surface area contributed by atoms with Crippen LogP contribution < -0.4 is 0 Å². The highest BCUT2D eigenvalue weighted by Gasteiger charge is 2.37. The summed E-state index contributed by atoms with van der Waals surface area (Å²) < 4.78 is 18.8. The molecule has 3 unspecified atom stereocenters. The summed E-state index contributed by atoms with van der Waals surface area (Å²) in [5.41, 5.74) is 2.80. The molecule has 4 heteroatoms. The lowest BCUT2D eigenvalue weighted by molar-refractivity contribution is 0.122. The van der Waals surface area contributed by atoms with Gasteiger partial charge in [0.25, 0.3) is 0 Å². The second kappa shape index (κ2) is 44.2. The summed E-state index contributed by atoms with van der Waals surface area (Å²) in [4.78, 5) is 0. The first-order valence-corrected chi connectivity index (χ1v) is 28.6. The van der Waals surface area contributed by atoms with Crippen LogP contribution in [0.5, 0.6) is 0 Å². The van der Waals surface area contributed by atoms with E-state index in [1.165, 1.54) is 192 Å². The quantitative estimate of drug-likeness (QED) is 0.0483. The summed E-state index contributed by atoms with van der Waals surface area (Å²) in [5.74, 6) is 3.33. The second-order valence-corrected chi connectivity index (χ2v) is 25.1. The Kier molecular flexibility index (Phi) is 46.7. The predicted molar refractivity (Wildman–Crippen MR) is 286 cm³/mol. The van der Waals surface area contributed by atoms with E-state index in [0.717, 1.165) is 57.2 Å². The van der Waals surface area contributed by atoms with E-state index in [1.807, 2.05) is 0 Å². The van der Waals surface area contributed by atoms with Crippen LogP contribution in [0.4, 0.5) is 0 Å². The van der Waals surface area contributed by atoms with Gasteiger partial charge in [-0.15, -0.1) is 0 Å². The molecule has 0 aromatic heterocycles. The maximum absolute atomic E-state index is 6.94. The van der Waals surface area contributed by atoms with Gasteiger partial charge in [-0.25, -0.2) is 0 Å². The van der Waals surface area contributed by atoms with Gasteiger partial charge < -0.3 is 13.9 Å². The van der Waals surface area contributed by atoms with Gasteiger partial charge in [-0.2, -0.15) is 0 Å². The fourth-order valence-corrected chi connectivity index (χ4v) is 11.7. The van der Waals surface area contributed by atoms with Crippen LogP contribution in [-0.2, 0) is 13.9 Å². The monoisotopic (exact) mass is 891 g/mol. The molecule has 0 spiro atoms. The van der Waals surface area contributed by atoms with E-state index in [9.17, 15) is 0 Å². The Morgan fingerprint density at radius 2 is 0.823 bits per heavy atom. The molecule has 62 heavy (non-hydrogen) atoms. The molecule has 2 rings (SSSR count). The minimum absolute atomic E-state index is 0. The maximum atomic E-state index is 6.94. The van der Waals surface area contributed by atoms with Crippen LogP contribution in [0.2, 0.25) is 17.6 Å². The zero-order chi connectivity index (χ0) is 41.9. The third kappa shape index (κ3) is 34.6. The third-order valence-electron chi connectivity index (χ3n) is 14.4. The fourth-order valence-electron chi connectivity index (χ4n) is 9.06. The average Bonchev–Trinajstić information content (AvgIpc) is 4.08. The van der Waals surface area contributed by atoms with Crippen molar-refractivity contribution >= 4 is 8.32 Å². The lowest BCUT2D eigenvalue weighted by Crippen LogP contribution is -2.42. The first-order chi connectivity index (χ1) is 28.2. The maximum Gasteiger partial charge on any atom is 0.194 e. The average molecular weight is 892 g/mol. The molecule has 372 valence electrons. The molecule has 3 atom stereocenters. The van der Waals surface area contributed by atoms with Crippen LogP contribution in [0.25, 0.3) is 0 Å². The SMILES string of the molecule is C.C.C.C.CC(CCOCCCCCCCCCCCCCCCC(CCCCCCCCCCCCOCCCC(C)C1CC1)CO[Si](C)(C(C)C)C(C)C)c1ccccc1. The van der Waals surface area contributed by atoms with Gasteiger partial charge in [0.15, 0.2) is 8.32 Å². The Balaban J connectivity index is -0.00000870.